The lowest BCUT2D eigenvalue weighted by molar-refractivity contribution is -0.137. The molecule has 0 radical (unpaired) electrons. The normalized spacial score (nSPS) is 12.9. The molecular formula is C9H6ClF7N2. The van der Waals surface area contributed by atoms with E-state index in [-0.39, 0.29) is 0 Å². The maximum atomic E-state index is 12.6. The van der Waals surface area contributed by atoms with E-state index in [1.807, 2.05) is 0 Å². The van der Waals surface area contributed by atoms with Crippen molar-refractivity contribution in [1.29, 1.82) is 0 Å². The first-order valence-corrected chi connectivity index (χ1v) is 5.04. The van der Waals surface area contributed by atoms with Gasteiger partial charge in [0.25, 0.3) is 0 Å². The van der Waals surface area contributed by atoms with E-state index in [1.54, 1.807) is 5.32 Å². The minimum absolute atomic E-state index is 0.356. The highest BCUT2D eigenvalue weighted by atomic mass is 35.5. The second-order valence-corrected chi connectivity index (χ2v) is 3.87. The molecule has 0 aliphatic carbocycles. The van der Waals surface area contributed by atoms with Crippen molar-refractivity contribution >= 4 is 17.4 Å². The molecule has 0 aliphatic rings. The molecule has 0 aromatic carbocycles. The molecule has 1 aromatic rings. The first-order chi connectivity index (χ1) is 8.54. The third kappa shape index (κ3) is 4.12. The van der Waals surface area contributed by atoms with E-state index in [0.717, 1.165) is 0 Å². The third-order valence-corrected chi connectivity index (χ3v) is 2.27. The number of halogens is 8. The van der Waals surface area contributed by atoms with Crippen LogP contribution in [0.5, 0.6) is 0 Å². The molecule has 2 nitrogen and oxygen atoms in total. The Bertz CT molecular complexity index is 447. The highest BCUT2D eigenvalue weighted by molar-refractivity contribution is 6.32. The Hall–Kier alpha value is -1.25. The molecule has 0 saturated heterocycles. The summed E-state index contributed by atoms with van der Waals surface area (Å²) in [5.74, 6) is -4.87. The van der Waals surface area contributed by atoms with Crippen molar-refractivity contribution in [1.82, 2.24) is 4.98 Å². The predicted octanol–water partition coefficient (Wildman–Crippen LogP) is 4.07. The lowest BCUT2D eigenvalue weighted by atomic mass is 10.2. The molecule has 0 fully saturated rings. The van der Waals surface area contributed by atoms with Crippen molar-refractivity contribution in [2.24, 2.45) is 0 Å². The van der Waals surface area contributed by atoms with Crippen LogP contribution in [0.15, 0.2) is 12.3 Å². The summed E-state index contributed by atoms with van der Waals surface area (Å²) in [5, 5.41) is 1.18. The van der Waals surface area contributed by atoms with Crippen LogP contribution in [0.1, 0.15) is 5.56 Å². The van der Waals surface area contributed by atoms with Gasteiger partial charge in [0.1, 0.15) is 5.82 Å². The molecule has 0 amide bonds. The maximum absolute atomic E-state index is 12.6. The molecule has 0 spiro atoms. The van der Waals surface area contributed by atoms with Gasteiger partial charge < -0.3 is 5.32 Å². The van der Waals surface area contributed by atoms with Gasteiger partial charge in [-0.05, 0) is 6.07 Å². The Morgan fingerprint density at radius 3 is 2.21 bits per heavy atom. The Morgan fingerprint density at radius 1 is 1.21 bits per heavy atom. The van der Waals surface area contributed by atoms with E-state index >= 15 is 0 Å². The summed E-state index contributed by atoms with van der Waals surface area (Å²) in [4.78, 5) is 3.17. The van der Waals surface area contributed by atoms with Gasteiger partial charge in [0.15, 0.2) is 0 Å². The van der Waals surface area contributed by atoms with E-state index in [9.17, 15) is 30.7 Å². The summed E-state index contributed by atoms with van der Waals surface area (Å²) in [6.07, 6.45) is -8.25. The number of hydrogen-bond acceptors (Lipinski definition) is 2. The summed E-state index contributed by atoms with van der Waals surface area (Å²) in [5.41, 5.74) is -1.18. The summed E-state index contributed by atoms with van der Waals surface area (Å²) < 4.78 is 85.6. The van der Waals surface area contributed by atoms with Gasteiger partial charge in [0.2, 0.25) is 0 Å². The number of nitrogens with one attached hydrogen (secondary N) is 1. The number of hydrogen-bond donors (Lipinski definition) is 1. The average Bonchev–Trinajstić information content (AvgIpc) is 2.25. The van der Waals surface area contributed by atoms with Gasteiger partial charge in [0.05, 0.1) is 17.1 Å². The van der Waals surface area contributed by atoms with Crippen LogP contribution in [0.3, 0.4) is 0 Å². The van der Waals surface area contributed by atoms with Crippen LogP contribution in [-0.2, 0) is 6.18 Å². The van der Waals surface area contributed by atoms with Crippen molar-refractivity contribution in [2.75, 3.05) is 11.9 Å². The molecule has 0 unspecified atom stereocenters. The molecule has 108 valence electrons. The van der Waals surface area contributed by atoms with Crippen molar-refractivity contribution in [2.45, 2.75) is 18.5 Å². The molecule has 1 rings (SSSR count). The number of rotatable bonds is 4. The summed E-state index contributed by atoms with van der Waals surface area (Å²) >= 11 is 5.39. The Morgan fingerprint density at radius 2 is 1.79 bits per heavy atom. The van der Waals surface area contributed by atoms with Gasteiger partial charge in [-0.1, -0.05) is 11.6 Å². The van der Waals surface area contributed by atoms with Crippen molar-refractivity contribution in [3.05, 3.63) is 22.8 Å². The summed E-state index contributed by atoms with van der Waals surface area (Å²) in [7, 11) is 0. The zero-order valence-corrected chi connectivity index (χ0v) is 9.67. The van der Waals surface area contributed by atoms with Gasteiger partial charge in [-0.3, -0.25) is 0 Å². The number of aromatic nitrogens is 1. The van der Waals surface area contributed by atoms with E-state index in [0.29, 0.717) is 12.3 Å². The topological polar surface area (TPSA) is 24.9 Å². The zero-order valence-electron chi connectivity index (χ0n) is 8.91. The highest BCUT2D eigenvalue weighted by Gasteiger charge is 2.40. The van der Waals surface area contributed by atoms with Crippen LogP contribution in [0, 0.1) is 0 Å². The minimum atomic E-state index is -4.69. The summed E-state index contributed by atoms with van der Waals surface area (Å²) in [6.45, 7) is -1.50. The SMILES string of the molecule is FC(F)C(F)(F)CNc1ncc(C(F)(F)F)cc1Cl. The van der Waals surface area contributed by atoms with Crippen molar-refractivity contribution in [3.63, 3.8) is 0 Å². The second-order valence-electron chi connectivity index (χ2n) is 3.47. The second kappa shape index (κ2) is 5.40. The van der Waals surface area contributed by atoms with Gasteiger partial charge in [-0.15, -0.1) is 0 Å². The average molecular weight is 311 g/mol. The van der Waals surface area contributed by atoms with Gasteiger partial charge >= 0.3 is 18.5 Å². The van der Waals surface area contributed by atoms with Crippen LogP contribution in [0.2, 0.25) is 5.02 Å². The molecule has 0 atom stereocenters. The van der Waals surface area contributed by atoms with Crippen LogP contribution in [0.25, 0.3) is 0 Å². The lowest BCUT2D eigenvalue weighted by Crippen LogP contribution is -2.35. The standard InChI is InChI=1S/C9H6ClF7N2/c10-5-1-4(9(15,16)17)2-18-6(5)19-3-8(13,14)7(11)12/h1-2,7H,3H2,(H,18,19). The van der Waals surface area contributed by atoms with Crippen LogP contribution in [0.4, 0.5) is 36.6 Å². The Labute approximate surface area is 107 Å². The number of nitrogens with zero attached hydrogens (tertiary/aromatic N) is 1. The van der Waals surface area contributed by atoms with E-state index in [2.05, 4.69) is 4.98 Å². The molecule has 1 heterocycles. The summed E-state index contributed by atoms with van der Waals surface area (Å²) in [6, 6.07) is 0.456. The van der Waals surface area contributed by atoms with E-state index in [4.69, 9.17) is 11.6 Å². The fourth-order valence-electron chi connectivity index (χ4n) is 1.00. The fraction of sp³-hybridized carbons (Fsp3) is 0.444. The fourth-order valence-corrected chi connectivity index (χ4v) is 1.23. The lowest BCUT2D eigenvalue weighted by Gasteiger charge is -2.17. The zero-order chi connectivity index (χ0) is 14.8. The number of alkyl halides is 7. The molecule has 0 bridgehead atoms. The third-order valence-electron chi connectivity index (χ3n) is 1.98. The van der Waals surface area contributed by atoms with E-state index in [1.165, 1.54) is 0 Å². The van der Waals surface area contributed by atoms with Gasteiger partial charge in [-0.25, -0.2) is 13.8 Å². The molecule has 0 saturated carbocycles. The van der Waals surface area contributed by atoms with Crippen LogP contribution < -0.4 is 5.32 Å². The van der Waals surface area contributed by atoms with E-state index < -0.39 is 41.5 Å². The molecular weight excluding hydrogens is 305 g/mol. The Balaban J connectivity index is 2.82. The first-order valence-electron chi connectivity index (χ1n) is 4.66. The van der Waals surface area contributed by atoms with Crippen LogP contribution in [-0.4, -0.2) is 23.9 Å². The van der Waals surface area contributed by atoms with Crippen LogP contribution >= 0.6 is 11.6 Å². The first kappa shape index (κ1) is 15.8. The maximum Gasteiger partial charge on any atom is 0.417 e. The quantitative estimate of drug-likeness (QED) is 0.848. The van der Waals surface area contributed by atoms with Crippen molar-refractivity contribution < 1.29 is 30.7 Å². The molecule has 19 heavy (non-hydrogen) atoms. The monoisotopic (exact) mass is 310 g/mol. The molecule has 10 heteroatoms. The molecule has 1 N–H and O–H groups in total. The molecule has 0 aliphatic heterocycles. The number of anilines is 1. The Kier molecular flexibility index (Phi) is 4.49. The predicted molar refractivity (Wildman–Crippen MR) is 53.7 cm³/mol. The minimum Gasteiger partial charge on any atom is -0.363 e. The largest absolute Gasteiger partial charge is 0.417 e. The molecule has 1 aromatic heterocycles. The highest BCUT2D eigenvalue weighted by Crippen LogP contribution is 2.32. The van der Waals surface area contributed by atoms with Crippen molar-refractivity contribution in [3.8, 4) is 0 Å². The number of pyridine rings is 1. The van der Waals surface area contributed by atoms with Gasteiger partial charge in [0, 0.05) is 6.20 Å². The van der Waals surface area contributed by atoms with Gasteiger partial charge in [-0.2, -0.15) is 22.0 Å². The smallest absolute Gasteiger partial charge is 0.363 e.